The Hall–Kier alpha value is -3.30. The number of amides is 3. The van der Waals surface area contributed by atoms with Gasteiger partial charge in [0.15, 0.2) is 0 Å². The van der Waals surface area contributed by atoms with Gasteiger partial charge in [0.2, 0.25) is 5.91 Å². The predicted octanol–water partition coefficient (Wildman–Crippen LogP) is 1.17. The predicted molar refractivity (Wildman–Crippen MR) is 91.7 cm³/mol. The highest BCUT2D eigenvalue weighted by Gasteiger charge is 2.47. The second kappa shape index (κ2) is 7.14. The number of fused-ring (bicyclic) bond motifs is 1. The van der Waals surface area contributed by atoms with E-state index in [1.165, 1.54) is 12.1 Å². The Balaban J connectivity index is 2.47. The quantitative estimate of drug-likeness (QED) is 0.338. The highest BCUT2D eigenvalue weighted by Crippen LogP contribution is 2.33. The van der Waals surface area contributed by atoms with Gasteiger partial charge in [0, 0.05) is 12.5 Å². The molecule has 0 bridgehead atoms. The van der Waals surface area contributed by atoms with Gasteiger partial charge >= 0.3 is 5.97 Å². The van der Waals surface area contributed by atoms with E-state index in [0.717, 1.165) is 6.07 Å². The van der Waals surface area contributed by atoms with E-state index >= 15 is 0 Å². The molecule has 0 saturated carbocycles. The van der Waals surface area contributed by atoms with E-state index in [9.17, 15) is 29.3 Å². The van der Waals surface area contributed by atoms with Crippen LogP contribution in [0, 0.1) is 10.1 Å². The molecule has 1 aromatic rings. The fraction of sp³-hybridized carbons (Fsp3) is 0.412. The number of nitrogens with zero attached hydrogens (tertiary/aromatic N) is 2. The molecule has 0 fully saturated rings. The summed E-state index contributed by atoms with van der Waals surface area (Å²) in [7, 11) is 0. The number of rotatable bonds is 6. The zero-order valence-electron chi connectivity index (χ0n) is 15.1. The smallest absolute Gasteiger partial charge is 0.329 e. The maximum Gasteiger partial charge on any atom is 0.329 e. The summed E-state index contributed by atoms with van der Waals surface area (Å²) in [5.74, 6) is -3.48. The Morgan fingerprint density at radius 3 is 2.41 bits per heavy atom. The van der Waals surface area contributed by atoms with Gasteiger partial charge in [-0.2, -0.15) is 0 Å². The number of esters is 1. The molecule has 2 N–H and O–H groups in total. The molecule has 1 aliphatic heterocycles. The van der Waals surface area contributed by atoms with Crippen LogP contribution in [-0.4, -0.2) is 45.2 Å². The van der Waals surface area contributed by atoms with Crippen LogP contribution in [0.2, 0.25) is 0 Å². The monoisotopic (exact) mass is 377 g/mol. The summed E-state index contributed by atoms with van der Waals surface area (Å²) in [5.41, 5.74) is 3.10. The number of nitro groups is 1. The molecule has 2 rings (SSSR count). The first kappa shape index (κ1) is 20.0. The van der Waals surface area contributed by atoms with Crippen molar-refractivity contribution in [1.29, 1.82) is 0 Å². The first-order valence-electron chi connectivity index (χ1n) is 8.10. The van der Waals surface area contributed by atoms with E-state index in [4.69, 9.17) is 10.5 Å². The van der Waals surface area contributed by atoms with E-state index in [0.29, 0.717) is 4.90 Å². The van der Waals surface area contributed by atoms with Crippen LogP contribution in [-0.2, 0) is 14.3 Å². The van der Waals surface area contributed by atoms with Gasteiger partial charge in [-0.1, -0.05) is 6.07 Å². The lowest BCUT2D eigenvalue weighted by Gasteiger charge is -2.28. The molecular weight excluding hydrogens is 358 g/mol. The van der Waals surface area contributed by atoms with Crippen molar-refractivity contribution in [2.75, 3.05) is 0 Å². The summed E-state index contributed by atoms with van der Waals surface area (Å²) in [5, 5.41) is 11.2. The average molecular weight is 377 g/mol. The molecule has 0 aromatic heterocycles. The van der Waals surface area contributed by atoms with Crippen LogP contribution in [0.5, 0.6) is 0 Å². The third-order valence-corrected chi connectivity index (χ3v) is 3.78. The fourth-order valence-corrected chi connectivity index (χ4v) is 2.72. The minimum Gasteiger partial charge on any atom is -0.458 e. The topological polar surface area (TPSA) is 150 Å². The summed E-state index contributed by atoms with van der Waals surface area (Å²) in [6, 6.07) is 2.21. The molecule has 1 aromatic carbocycles. The molecule has 3 amide bonds. The molecule has 0 radical (unpaired) electrons. The molecule has 27 heavy (non-hydrogen) atoms. The SMILES string of the molecule is CC(C)(C)OC(=O)[C@H](CCC(N)=O)N1C(=O)c2cccc([N+](=O)[O-])c2C1=O. The number of hydrogen-bond donors (Lipinski definition) is 1. The van der Waals surface area contributed by atoms with Crippen molar-refractivity contribution in [1.82, 2.24) is 4.90 Å². The van der Waals surface area contributed by atoms with E-state index in [1.54, 1.807) is 20.8 Å². The second-order valence-electron chi connectivity index (χ2n) is 6.99. The fourth-order valence-electron chi connectivity index (χ4n) is 2.72. The van der Waals surface area contributed by atoms with Crippen molar-refractivity contribution in [2.24, 2.45) is 5.73 Å². The van der Waals surface area contributed by atoms with Crippen LogP contribution in [0.1, 0.15) is 54.3 Å². The number of carbonyl (C=O) groups excluding carboxylic acids is 4. The number of benzene rings is 1. The maximum absolute atomic E-state index is 12.8. The van der Waals surface area contributed by atoms with Crippen LogP contribution in [0.3, 0.4) is 0 Å². The van der Waals surface area contributed by atoms with Crippen molar-refractivity contribution in [3.63, 3.8) is 0 Å². The summed E-state index contributed by atoms with van der Waals surface area (Å²) in [6.07, 6.45) is -0.525. The number of ether oxygens (including phenoxy) is 1. The van der Waals surface area contributed by atoms with E-state index in [1.807, 2.05) is 0 Å². The Kier molecular flexibility index (Phi) is 5.29. The van der Waals surface area contributed by atoms with Gasteiger partial charge < -0.3 is 10.5 Å². The minimum absolute atomic E-state index is 0.179. The zero-order chi connectivity index (χ0) is 20.5. The molecular formula is C17H19N3O7. The Morgan fingerprint density at radius 2 is 1.89 bits per heavy atom. The Labute approximate surface area is 154 Å². The second-order valence-corrected chi connectivity index (χ2v) is 6.99. The van der Waals surface area contributed by atoms with Crippen LogP contribution < -0.4 is 5.73 Å². The van der Waals surface area contributed by atoms with Gasteiger partial charge in [-0.05, 0) is 33.3 Å². The van der Waals surface area contributed by atoms with Crippen LogP contribution in [0.25, 0.3) is 0 Å². The lowest BCUT2D eigenvalue weighted by atomic mass is 10.1. The van der Waals surface area contributed by atoms with Crippen LogP contribution in [0.15, 0.2) is 18.2 Å². The van der Waals surface area contributed by atoms with Crippen molar-refractivity contribution in [3.05, 3.63) is 39.4 Å². The summed E-state index contributed by atoms with van der Waals surface area (Å²) in [4.78, 5) is 60.2. The van der Waals surface area contributed by atoms with Crippen molar-refractivity contribution < 1.29 is 28.8 Å². The molecule has 10 heteroatoms. The van der Waals surface area contributed by atoms with Crippen molar-refractivity contribution in [3.8, 4) is 0 Å². The van der Waals surface area contributed by atoms with Crippen molar-refractivity contribution >= 4 is 29.4 Å². The Bertz CT molecular complexity index is 841. The summed E-state index contributed by atoms with van der Waals surface area (Å²) < 4.78 is 5.25. The minimum atomic E-state index is -1.43. The average Bonchev–Trinajstić information content (AvgIpc) is 2.78. The molecule has 144 valence electrons. The van der Waals surface area contributed by atoms with Crippen LogP contribution >= 0.6 is 0 Å². The summed E-state index contributed by atoms with van der Waals surface area (Å²) in [6.45, 7) is 4.80. The Morgan fingerprint density at radius 1 is 1.26 bits per heavy atom. The largest absolute Gasteiger partial charge is 0.458 e. The zero-order valence-corrected chi connectivity index (χ0v) is 15.1. The molecule has 1 heterocycles. The number of nitrogens with two attached hydrogens (primary N) is 1. The standard InChI is InChI=1S/C17H19N3O7/c1-17(2,3)27-16(24)11(7-8-12(18)21)19-14(22)9-5-4-6-10(20(25)26)13(9)15(19)23/h4-6,11H,7-8H2,1-3H3,(H2,18,21)/t11-/m0/s1. The first-order valence-corrected chi connectivity index (χ1v) is 8.10. The number of imide groups is 1. The van der Waals surface area contributed by atoms with Crippen molar-refractivity contribution in [2.45, 2.75) is 45.3 Å². The highest BCUT2D eigenvalue weighted by molar-refractivity contribution is 6.24. The maximum atomic E-state index is 12.8. The van der Waals surface area contributed by atoms with Gasteiger partial charge in [-0.25, -0.2) is 4.79 Å². The van der Waals surface area contributed by atoms with Gasteiger partial charge in [-0.15, -0.1) is 0 Å². The molecule has 10 nitrogen and oxygen atoms in total. The van der Waals surface area contributed by atoms with Gasteiger partial charge in [-0.3, -0.25) is 29.4 Å². The number of primary amides is 1. The van der Waals surface area contributed by atoms with Gasteiger partial charge in [0.05, 0.1) is 10.5 Å². The number of carbonyl (C=O) groups is 4. The third-order valence-electron chi connectivity index (χ3n) is 3.78. The molecule has 1 aliphatic rings. The molecule has 1 atom stereocenters. The van der Waals surface area contributed by atoms with E-state index in [2.05, 4.69) is 0 Å². The number of hydrogen-bond acceptors (Lipinski definition) is 7. The normalized spacial score (nSPS) is 14.7. The summed E-state index contributed by atoms with van der Waals surface area (Å²) >= 11 is 0. The molecule has 0 spiro atoms. The van der Waals surface area contributed by atoms with Gasteiger partial charge in [0.25, 0.3) is 17.5 Å². The molecule has 0 saturated heterocycles. The number of nitro benzene ring substituents is 1. The van der Waals surface area contributed by atoms with E-state index in [-0.39, 0.29) is 24.0 Å². The van der Waals surface area contributed by atoms with Crippen LogP contribution in [0.4, 0.5) is 5.69 Å². The van der Waals surface area contributed by atoms with E-state index < -0.39 is 45.9 Å². The van der Waals surface area contributed by atoms with Gasteiger partial charge in [0.1, 0.15) is 17.2 Å². The molecule has 0 aliphatic carbocycles. The molecule has 0 unspecified atom stereocenters. The third kappa shape index (κ3) is 4.10. The lowest BCUT2D eigenvalue weighted by Crippen LogP contribution is -2.47. The first-order chi connectivity index (χ1) is 12.4. The lowest BCUT2D eigenvalue weighted by molar-refractivity contribution is -0.385. The highest BCUT2D eigenvalue weighted by atomic mass is 16.6.